The highest BCUT2D eigenvalue weighted by Crippen LogP contribution is 2.15. The minimum Gasteiger partial charge on any atom is -0.462 e. The Morgan fingerprint density at radius 3 is 2.76 bits per heavy atom. The van der Waals surface area contributed by atoms with Crippen LogP contribution in [-0.4, -0.2) is 12.6 Å². The normalized spacial score (nSPS) is 10.7. The SMILES string of the molecule is CCOC(=O)/C(C#N)=C\SCc1ccccc1. The fourth-order valence-electron chi connectivity index (χ4n) is 1.12. The zero-order chi connectivity index (χ0) is 12.5. The summed E-state index contributed by atoms with van der Waals surface area (Å²) in [5.74, 6) is 0.168. The van der Waals surface area contributed by atoms with E-state index in [4.69, 9.17) is 10.00 Å². The molecule has 1 aromatic rings. The smallest absolute Gasteiger partial charge is 0.349 e. The number of thioether (sulfide) groups is 1. The average molecular weight is 247 g/mol. The van der Waals surface area contributed by atoms with Gasteiger partial charge in [-0.2, -0.15) is 5.26 Å². The molecule has 0 bridgehead atoms. The van der Waals surface area contributed by atoms with Crippen molar-refractivity contribution in [2.45, 2.75) is 12.7 Å². The standard InChI is InChI=1S/C13H13NO2S/c1-2-16-13(15)12(8-14)10-17-9-11-6-4-3-5-7-11/h3-7,10H,2,9H2,1H3/b12-10-. The zero-order valence-electron chi connectivity index (χ0n) is 9.55. The van der Waals surface area contributed by atoms with Crippen LogP contribution in [0.4, 0.5) is 0 Å². The van der Waals surface area contributed by atoms with E-state index in [0.29, 0.717) is 0 Å². The van der Waals surface area contributed by atoms with Crippen molar-refractivity contribution in [3.8, 4) is 6.07 Å². The molecule has 0 saturated heterocycles. The maximum atomic E-state index is 11.3. The van der Waals surface area contributed by atoms with Gasteiger partial charge in [-0.15, -0.1) is 11.8 Å². The molecule has 0 aromatic heterocycles. The molecule has 0 radical (unpaired) electrons. The van der Waals surface area contributed by atoms with Gasteiger partial charge in [-0.05, 0) is 17.9 Å². The van der Waals surface area contributed by atoms with Crippen LogP contribution in [0.1, 0.15) is 12.5 Å². The van der Waals surface area contributed by atoms with Gasteiger partial charge in [-0.25, -0.2) is 4.79 Å². The molecule has 88 valence electrons. The summed E-state index contributed by atoms with van der Waals surface area (Å²) in [5, 5.41) is 10.3. The Balaban J connectivity index is 2.52. The summed E-state index contributed by atoms with van der Waals surface area (Å²) in [5.41, 5.74) is 1.20. The van der Waals surface area contributed by atoms with E-state index < -0.39 is 5.97 Å². The lowest BCUT2D eigenvalue weighted by molar-refractivity contribution is -0.137. The number of ether oxygens (including phenoxy) is 1. The molecule has 0 saturated carbocycles. The lowest BCUT2D eigenvalue weighted by Gasteiger charge is -2.00. The van der Waals surface area contributed by atoms with Gasteiger partial charge in [0.25, 0.3) is 0 Å². The van der Waals surface area contributed by atoms with Crippen molar-refractivity contribution in [2.24, 2.45) is 0 Å². The Kier molecular flexibility index (Phi) is 5.91. The Morgan fingerprint density at radius 1 is 1.47 bits per heavy atom. The number of benzene rings is 1. The van der Waals surface area contributed by atoms with E-state index in [2.05, 4.69) is 0 Å². The number of hydrogen-bond acceptors (Lipinski definition) is 4. The van der Waals surface area contributed by atoms with Crippen LogP contribution in [0.25, 0.3) is 0 Å². The molecule has 0 N–H and O–H groups in total. The second-order valence-corrected chi connectivity index (χ2v) is 4.02. The van der Waals surface area contributed by atoms with Gasteiger partial charge in [0.05, 0.1) is 6.61 Å². The molecule has 4 heteroatoms. The summed E-state index contributed by atoms with van der Waals surface area (Å²) in [6.45, 7) is 1.99. The largest absolute Gasteiger partial charge is 0.462 e. The number of carbonyl (C=O) groups is 1. The average Bonchev–Trinajstić information content (AvgIpc) is 2.36. The van der Waals surface area contributed by atoms with E-state index in [0.717, 1.165) is 11.3 Å². The molecule has 17 heavy (non-hydrogen) atoms. The highest BCUT2D eigenvalue weighted by Gasteiger charge is 2.08. The Labute approximate surface area is 105 Å². The maximum Gasteiger partial charge on any atom is 0.349 e. The number of hydrogen-bond donors (Lipinski definition) is 0. The highest BCUT2D eigenvalue weighted by atomic mass is 32.2. The molecule has 0 spiro atoms. The molecule has 0 aliphatic carbocycles. The van der Waals surface area contributed by atoms with Crippen LogP contribution in [0.5, 0.6) is 0 Å². The summed E-state index contributed by atoms with van der Waals surface area (Å²) in [6, 6.07) is 11.7. The van der Waals surface area contributed by atoms with Crippen LogP contribution in [0, 0.1) is 11.3 Å². The van der Waals surface area contributed by atoms with E-state index >= 15 is 0 Å². The Hall–Kier alpha value is -1.73. The lowest BCUT2D eigenvalue weighted by Crippen LogP contribution is -2.05. The first-order valence-electron chi connectivity index (χ1n) is 5.20. The van der Waals surface area contributed by atoms with Crippen molar-refractivity contribution < 1.29 is 9.53 Å². The molecule has 0 aliphatic rings. The van der Waals surface area contributed by atoms with E-state index in [1.54, 1.807) is 12.3 Å². The lowest BCUT2D eigenvalue weighted by atomic mass is 10.2. The molecule has 0 heterocycles. The van der Waals surface area contributed by atoms with Gasteiger partial charge in [0.15, 0.2) is 0 Å². The van der Waals surface area contributed by atoms with Gasteiger partial charge in [0.1, 0.15) is 11.6 Å². The Bertz CT molecular complexity index is 434. The molecule has 0 atom stereocenters. The Morgan fingerprint density at radius 2 is 2.18 bits per heavy atom. The summed E-state index contributed by atoms with van der Waals surface area (Å²) in [6.07, 6.45) is 0. The van der Waals surface area contributed by atoms with Crippen molar-refractivity contribution >= 4 is 17.7 Å². The van der Waals surface area contributed by atoms with E-state index in [-0.39, 0.29) is 12.2 Å². The zero-order valence-corrected chi connectivity index (χ0v) is 10.4. The highest BCUT2D eigenvalue weighted by molar-refractivity contribution is 8.01. The summed E-state index contributed by atoms with van der Waals surface area (Å²) in [7, 11) is 0. The van der Waals surface area contributed by atoms with Gasteiger partial charge in [-0.3, -0.25) is 0 Å². The summed E-state index contributed by atoms with van der Waals surface area (Å²) >= 11 is 1.41. The van der Waals surface area contributed by atoms with Crippen LogP contribution in [0.2, 0.25) is 0 Å². The molecule has 1 rings (SSSR count). The second-order valence-electron chi connectivity index (χ2n) is 3.16. The number of rotatable bonds is 5. The van der Waals surface area contributed by atoms with E-state index in [9.17, 15) is 4.79 Å². The van der Waals surface area contributed by atoms with Crippen molar-refractivity contribution in [1.82, 2.24) is 0 Å². The van der Waals surface area contributed by atoms with Gasteiger partial charge >= 0.3 is 5.97 Å². The van der Waals surface area contributed by atoms with Gasteiger partial charge in [0.2, 0.25) is 0 Å². The monoisotopic (exact) mass is 247 g/mol. The number of carbonyl (C=O) groups excluding carboxylic acids is 1. The maximum absolute atomic E-state index is 11.3. The van der Waals surface area contributed by atoms with Crippen molar-refractivity contribution in [1.29, 1.82) is 5.26 Å². The first kappa shape index (κ1) is 13.3. The minimum absolute atomic E-state index is 0.0489. The second kappa shape index (κ2) is 7.53. The molecule has 0 amide bonds. The third kappa shape index (κ3) is 4.75. The number of nitrogens with zero attached hydrogens (tertiary/aromatic N) is 1. The fourth-order valence-corrected chi connectivity index (χ4v) is 1.91. The van der Waals surface area contributed by atoms with Crippen LogP contribution in [-0.2, 0) is 15.3 Å². The third-order valence-corrected chi connectivity index (χ3v) is 2.81. The van der Waals surface area contributed by atoms with Crippen molar-refractivity contribution in [3.63, 3.8) is 0 Å². The minimum atomic E-state index is -0.560. The van der Waals surface area contributed by atoms with Gasteiger partial charge in [-0.1, -0.05) is 30.3 Å². The molecule has 0 fully saturated rings. The van der Waals surface area contributed by atoms with Crippen LogP contribution < -0.4 is 0 Å². The first-order valence-corrected chi connectivity index (χ1v) is 6.25. The van der Waals surface area contributed by atoms with Crippen LogP contribution >= 0.6 is 11.8 Å². The molecule has 0 aliphatic heterocycles. The molecular formula is C13H13NO2S. The summed E-state index contributed by atoms with van der Waals surface area (Å²) < 4.78 is 4.75. The van der Waals surface area contributed by atoms with Crippen molar-refractivity contribution in [3.05, 3.63) is 46.9 Å². The predicted octanol–water partition coefficient (Wildman–Crippen LogP) is 2.89. The molecular weight excluding hydrogens is 234 g/mol. The summed E-state index contributed by atoms with van der Waals surface area (Å²) in [4.78, 5) is 11.3. The van der Waals surface area contributed by atoms with E-state index in [1.807, 2.05) is 36.4 Å². The van der Waals surface area contributed by atoms with Crippen molar-refractivity contribution in [2.75, 3.05) is 6.61 Å². The quantitative estimate of drug-likeness (QED) is 0.456. The predicted molar refractivity (Wildman–Crippen MR) is 68.1 cm³/mol. The van der Waals surface area contributed by atoms with E-state index in [1.165, 1.54) is 11.8 Å². The fraction of sp³-hybridized carbons (Fsp3) is 0.231. The third-order valence-electron chi connectivity index (χ3n) is 1.91. The molecule has 0 unspecified atom stereocenters. The number of esters is 1. The topological polar surface area (TPSA) is 50.1 Å². The number of nitriles is 1. The van der Waals surface area contributed by atoms with Gasteiger partial charge in [0, 0.05) is 5.75 Å². The molecule has 3 nitrogen and oxygen atoms in total. The van der Waals surface area contributed by atoms with Crippen LogP contribution in [0.15, 0.2) is 41.3 Å². The van der Waals surface area contributed by atoms with Gasteiger partial charge < -0.3 is 4.74 Å². The van der Waals surface area contributed by atoms with Crippen LogP contribution in [0.3, 0.4) is 0 Å². The first-order chi connectivity index (χ1) is 8.27. The molecule has 1 aromatic carbocycles.